The Balaban J connectivity index is 1.59. The van der Waals surface area contributed by atoms with Crippen LogP contribution in [0.4, 0.5) is 5.95 Å². The Morgan fingerprint density at radius 2 is 2.17 bits per heavy atom. The van der Waals surface area contributed by atoms with Crippen molar-refractivity contribution in [2.75, 3.05) is 26.0 Å². The minimum absolute atomic E-state index is 0.0228. The van der Waals surface area contributed by atoms with Crippen LogP contribution >= 0.6 is 0 Å². The van der Waals surface area contributed by atoms with Gasteiger partial charge in [0.2, 0.25) is 17.8 Å². The summed E-state index contributed by atoms with van der Waals surface area (Å²) >= 11 is 0. The summed E-state index contributed by atoms with van der Waals surface area (Å²) in [4.78, 5) is 29.5. The Hall–Kier alpha value is -2.90. The molecule has 2 N–H and O–H groups in total. The highest BCUT2D eigenvalue weighted by Crippen LogP contribution is 2.18. The monoisotopic (exact) mass is 329 g/mol. The molecule has 2 heterocycles. The Morgan fingerprint density at radius 3 is 2.79 bits per heavy atom. The average molecular weight is 329 g/mol. The molecular weight excluding hydrogens is 310 g/mol. The highest BCUT2D eigenvalue weighted by atomic mass is 16.5. The molecule has 0 unspecified atom stereocenters. The van der Waals surface area contributed by atoms with Gasteiger partial charge in [-0.05, 0) is 17.7 Å². The summed E-state index contributed by atoms with van der Waals surface area (Å²) in [5.41, 5.74) is 1.05. The molecule has 0 radical (unpaired) electrons. The third-order valence-corrected chi connectivity index (χ3v) is 4.01. The number of nitrogens with zero attached hydrogens (tertiary/aromatic N) is 3. The Bertz CT molecular complexity index is 740. The van der Waals surface area contributed by atoms with E-state index in [1.807, 2.05) is 24.3 Å². The lowest BCUT2D eigenvalue weighted by Crippen LogP contribution is -2.26. The van der Waals surface area contributed by atoms with Crippen LogP contribution in [0.25, 0.3) is 0 Å². The van der Waals surface area contributed by atoms with Crippen LogP contribution in [0.3, 0.4) is 0 Å². The molecule has 0 spiro atoms. The van der Waals surface area contributed by atoms with Crippen molar-refractivity contribution in [2.24, 2.45) is 5.92 Å². The lowest BCUT2D eigenvalue weighted by molar-refractivity contribution is -0.127. The first-order valence-corrected chi connectivity index (χ1v) is 7.64. The molecule has 126 valence electrons. The van der Waals surface area contributed by atoms with E-state index in [0.717, 1.165) is 11.3 Å². The van der Waals surface area contributed by atoms with Crippen molar-refractivity contribution >= 4 is 17.8 Å². The molecule has 1 aliphatic rings. The van der Waals surface area contributed by atoms with Crippen LogP contribution in [0.15, 0.2) is 24.3 Å². The van der Waals surface area contributed by atoms with E-state index in [0.29, 0.717) is 18.8 Å². The van der Waals surface area contributed by atoms with E-state index in [4.69, 9.17) is 4.74 Å². The van der Waals surface area contributed by atoms with Crippen LogP contribution in [-0.2, 0) is 16.0 Å². The van der Waals surface area contributed by atoms with Crippen molar-refractivity contribution in [2.45, 2.75) is 12.8 Å². The van der Waals surface area contributed by atoms with Crippen molar-refractivity contribution in [1.29, 1.82) is 0 Å². The maximum atomic E-state index is 12.1. The van der Waals surface area contributed by atoms with Crippen molar-refractivity contribution in [1.82, 2.24) is 20.1 Å². The largest absolute Gasteiger partial charge is 0.497 e. The number of aromatic amines is 1. The number of H-pyrrole nitrogens is 1. The second kappa shape index (κ2) is 6.69. The Morgan fingerprint density at radius 1 is 1.42 bits per heavy atom. The number of ether oxygens (including phenoxy) is 1. The van der Waals surface area contributed by atoms with Gasteiger partial charge in [0.15, 0.2) is 0 Å². The number of methoxy groups -OCH3 is 1. The molecule has 1 fully saturated rings. The summed E-state index contributed by atoms with van der Waals surface area (Å²) in [7, 11) is 3.31. The lowest BCUT2D eigenvalue weighted by atomic mass is 10.1. The molecule has 1 aromatic carbocycles. The van der Waals surface area contributed by atoms with Gasteiger partial charge in [0, 0.05) is 26.4 Å². The van der Waals surface area contributed by atoms with Crippen LogP contribution in [0, 0.1) is 5.92 Å². The summed E-state index contributed by atoms with van der Waals surface area (Å²) in [6.45, 7) is 0.424. The zero-order chi connectivity index (χ0) is 17.1. The first kappa shape index (κ1) is 16.0. The lowest BCUT2D eigenvalue weighted by Gasteiger charge is -2.08. The molecule has 0 aliphatic carbocycles. The highest BCUT2D eigenvalue weighted by Gasteiger charge is 2.32. The SMILES string of the molecule is COc1ccc(Cc2nc(NC(=O)[C@@H]3CC(=O)N(C)C3)n[nH]2)cc1. The van der Waals surface area contributed by atoms with E-state index in [-0.39, 0.29) is 30.1 Å². The zero-order valence-electron chi connectivity index (χ0n) is 13.6. The number of nitrogens with one attached hydrogen (secondary N) is 2. The normalized spacial score (nSPS) is 17.2. The number of hydrogen-bond acceptors (Lipinski definition) is 5. The number of hydrogen-bond donors (Lipinski definition) is 2. The third kappa shape index (κ3) is 3.53. The minimum Gasteiger partial charge on any atom is -0.497 e. The number of aromatic nitrogens is 3. The predicted molar refractivity (Wildman–Crippen MR) is 86.6 cm³/mol. The predicted octanol–water partition coefficient (Wildman–Crippen LogP) is 0.821. The van der Waals surface area contributed by atoms with Gasteiger partial charge in [0.25, 0.3) is 0 Å². The van der Waals surface area contributed by atoms with Gasteiger partial charge < -0.3 is 9.64 Å². The molecule has 8 heteroatoms. The van der Waals surface area contributed by atoms with E-state index >= 15 is 0 Å². The molecule has 0 saturated carbocycles. The maximum absolute atomic E-state index is 12.1. The number of rotatable bonds is 5. The maximum Gasteiger partial charge on any atom is 0.248 e. The van der Waals surface area contributed by atoms with Crippen molar-refractivity contribution in [3.63, 3.8) is 0 Å². The number of amides is 2. The summed E-state index contributed by atoms with van der Waals surface area (Å²) in [6, 6.07) is 7.64. The van der Waals surface area contributed by atoms with Gasteiger partial charge in [-0.1, -0.05) is 12.1 Å². The standard InChI is InChI=1S/C16H19N5O3/c1-21-9-11(8-14(21)22)15(23)18-16-17-13(19-20-16)7-10-3-5-12(24-2)6-4-10/h3-6,11H,7-9H2,1-2H3,(H2,17,18,19,20,23)/t11-/m1/s1. The molecular formula is C16H19N5O3. The zero-order valence-corrected chi connectivity index (χ0v) is 13.6. The second-order valence-electron chi connectivity index (χ2n) is 5.80. The first-order valence-electron chi connectivity index (χ1n) is 7.64. The number of carbonyl (C=O) groups is 2. The van der Waals surface area contributed by atoms with E-state index in [9.17, 15) is 9.59 Å². The van der Waals surface area contributed by atoms with Gasteiger partial charge in [-0.15, -0.1) is 5.10 Å². The van der Waals surface area contributed by atoms with Crippen molar-refractivity contribution < 1.29 is 14.3 Å². The molecule has 2 amide bonds. The molecule has 8 nitrogen and oxygen atoms in total. The van der Waals surface area contributed by atoms with Gasteiger partial charge in [0.05, 0.1) is 13.0 Å². The molecule has 1 aromatic heterocycles. The summed E-state index contributed by atoms with van der Waals surface area (Å²) in [5, 5.41) is 9.47. The molecule has 3 rings (SSSR count). The van der Waals surface area contributed by atoms with E-state index in [1.54, 1.807) is 19.1 Å². The van der Waals surface area contributed by atoms with E-state index < -0.39 is 0 Å². The number of likely N-dealkylation sites (tertiary alicyclic amines) is 1. The Kier molecular flexibility index (Phi) is 4.45. The molecule has 0 bridgehead atoms. The van der Waals surface area contributed by atoms with Gasteiger partial charge in [-0.25, -0.2) is 0 Å². The molecule has 1 aliphatic heterocycles. The average Bonchev–Trinajstić information content (AvgIpc) is 3.15. The third-order valence-electron chi connectivity index (χ3n) is 4.01. The highest BCUT2D eigenvalue weighted by molar-refractivity contribution is 5.96. The molecule has 1 saturated heterocycles. The topological polar surface area (TPSA) is 100 Å². The molecule has 1 atom stereocenters. The van der Waals surface area contributed by atoms with Crippen LogP contribution in [-0.4, -0.2) is 52.6 Å². The van der Waals surface area contributed by atoms with Gasteiger partial charge >= 0.3 is 0 Å². The number of anilines is 1. The van der Waals surface area contributed by atoms with Crippen LogP contribution in [0.2, 0.25) is 0 Å². The minimum atomic E-state index is -0.356. The Labute approximate surface area is 139 Å². The second-order valence-corrected chi connectivity index (χ2v) is 5.80. The van der Waals surface area contributed by atoms with Gasteiger partial charge in [-0.3, -0.25) is 20.0 Å². The fraction of sp³-hybridized carbons (Fsp3) is 0.375. The first-order chi connectivity index (χ1) is 11.5. The number of benzene rings is 1. The van der Waals surface area contributed by atoms with Crippen molar-refractivity contribution in [3.8, 4) is 5.75 Å². The van der Waals surface area contributed by atoms with Crippen LogP contribution < -0.4 is 10.1 Å². The molecule has 24 heavy (non-hydrogen) atoms. The van der Waals surface area contributed by atoms with E-state index in [2.05, 4.69) is 20.5 Å². The quantitative estimate of drug-likeness (QED) is 0.846. The summed E-state index contributed by atoms with van der Waals surface area (Å²) in [5.74, 6) is 1.06. The smallest absolute Gasteiger partial charge is 0.248 e. The fourth-order valence-corrected chi connectivity index (χ4v) is 2.62. The van der Waals surface area contributed by atoms with Gasteiger partial charge in [0.1, 0.15) is 11.6 Å². The van der Waals surface area contributed by atoms with Crippen LogP contribution in [0.1, 0.15) is 17.8 Å². The number of carbonyl (C=O) groups excluding carboxylic acids is 2. The fourth-order valence-electron chi connectivity index (χ4n) is 2.62. The summed E-state index contributed by atoms with van der Waals surface area (Å²) < 4.78 is 5.12. The van der Waals surface area contributed by atoms with E-state index in [1.165, 1.54) is 0 Å². The van der Waals surface area contributed by atoms with Gasteiger partial charge in [-0.2, -0.15) is 4.98 Å². The summed E-state index contributed by atoms with van der Waals surface area (Å²) in [6.07, 6.45) is 0.795. The van der Waals surface area contributed by atoms with Crippen LogP contribution in [0.5, 0.6) is 5.75 Å². The molecule has 2 aromatic rings. The van der Waals surface area contributed by atoms with Crippen molar-refractivity contribution in [3.05, 3.63) is 35.7 Å².